The minimum atomic E-state index is -0.900. The Morgan fingerprint density at radius 3 is 2.59 bits per heavy atom. The van der Waals surface area contributed by atoms with E-state index in [1.54, 1.807) is 6.07 Å². The summed E-state index contributed by atoms with van der Waals surface area (Å²) in [4.78, 5) is 11.3. The number of halogens is 1. The molecule has 0 amide bonds. The second-order valence-corrected chi connectivity index (χ2v) is 4.84. The Hall–Kier alpha value is -1.48. The Kier molecular flexibility index (Phi) is 2.87. The van der Waals surface area contributed by atoms with Crippen molar-refractivity contribution < 1.29 is 9.90 Å². The van der Waals surface area contributed by atoms with Gasteiger partial charge in [-0.05, 0) is 44.5 Å². The first kappa shape index (κ1) is 12.0. The first-order valence-corrected chi connectivity index (χ1v) is 5.84. The first-order chi connectivity index (χ1) is 7.93. The molecule has 90 valence electrons. The van der Waals surface area contributed by atoms with E-state index >= 15 is 0 Å². The molecule has 1 N–H and O–H groups in total. The van der Waals surface area contributed by atoms with Crippen LogP contribution in [0.15, 0.2) is 18.2 Å². The van der Waals surface area contributed by atoms with Crippen LogP contribution in [0.5, 0.6) is 0 Å². The number of aryl methyl sites for hydroxylation is 1. The molecule has 3 nitrogen and oxygen atoms in total. The Balaban J connectivity index is 2.92. The van der Waals surface area contributed by atoms with E-state index in [4.69, 9.17) is 11.6 Å². The van der Waals surface area contributed by atoms with Crippen LogP contribution in [0.4, 0.5) is 0 Å². The average Bonchev–Trinajstić information content (AvgIpc) is 2.52. The molecule has 0 aliphatic rings. The third-order valence-corrected chi connectivity index (χ3v) is 3.17. The van der Waals surface area contributed by atoms with Gasteiger partial charge in [0.15, 0.2) is 0 Å². The molecule has 4 heteroatoms. The highest BCUT2D eigenvalue weighted by Gasteiger charge is 2.21. The van der Waals surface area contributed by atoms with Crippen LogP contribution in [-0.4, -0.2) is 15.6 Å². The second-order valence-electron chi connectivity index (χ2n) is 4.40. The van der Waals surface area contributed by atoms with E-state index in [1.165, 1.54) is 0 Å². The summed E-state index contributed by atoms with van der Waals surface area (Å²) < 4.78 is 1.84. The highest BCUT2D eigenvalue weighted by atomic mass is 35.5. The average molecular weight is 252 g/mol. The second kappa shape index (κ2) is 4.08. The van der Waals surface area contributed by atoms with Gasteiger partial charge < -0.3 is 9.67 Å². The standard InChI is InChI=1S/C13H14ClNO2/c1-7(2)15-11-5-4-9(14)6-10(11)8(3)12(15)13(16)17/h4-7H,1-3H3,(H,16,17). The minimum absolute atomic E-state index is 0.0958. The van der Waals surface area contributed by atoms with Gasteiger partial charge in [0.05, 0.1) is 0 Å². The molecule has 0 radical (unpaired) electrons. The number of hydrogen-bond acceptors (Lipinski definition) is 1. The molecule has 1 aromatic carbocycles. The molecule has 1 heterocycles. The number of carbonyl (C=O) groups is 1. The zero-order valence-corrected chi connectivity index (χ0v) is 10.7. The molecule has 0 aliphatic carbocycles. The van der Waals surface area contributed by atoms with E-state index in [9.17, 15) is 9.90 Å². The number of hydrogen-bond donors (Lipinski definition) is 1. The monoisotopic (exact) mass is 251 g/mol. The van der Waals surface area contributed by atoms with Crippen LogP contribution in [0.1, 0.15) is 35.9 Å². The highest BCUT2D eigenvalue weighted by Crippen LogP contribution is 2.30. The molecule has 0 fully saturated rings. The summed E-state index contributed by atoms with van der Waals surface area (Å²) in [5.74, 6) is -0.900. The van der Waals surface area contributed by atoms with Crippen LogP contribution in [0.2, 0.25) is 5.02 Å². The molecule has 1 aromatic heterocycles. The third-order valence-electron chi connectivity index (χ3n) is 2.94. The summed E-state index contributed by atoms with van der Waals surface area (Å²) in [6, 6.07) is 5.57. The molecule has 2 rings (SSSR count). The lowest BCUT2D eigenvalue weighted by Crippen LogP contribution is -2.11. The van der Waals surface area contributed by atoms with E-state index in [-0.39, 0.29) is 6.04 Å². The molecule has 2 aromatic rings. The molecule has 0 unspecified atom stereocenters. The number of nitrogens with zero attached hydrogens (tertiary/aromatic N) is 1. The fourth-order valence-corrected chi connectivity index (χ4v) is 2.42. The fourth-order valence-electron chi connectivity index (χ4n) is 2.25. The van der Waals surface area contributed by atoms with Crippen molar-refractivity contribution in [1.82, 2.24) is 4.57 Å². The van der Waals surface area contributed by atoms with Gasteiger partial charge in [-0.2, -0.15) is 0 Å². The fraction of sp³-hybridized carbons (Fsp3) is 0.308. The van der Waals surface area contributed by atoms with Gasteiger partial charge in [-0.15, -0.1) is 0 Å². The molecular formula is C13H14ClNO2. The molecule has 0 spiro atoms. The van der Waals surface area contributed by atoms with Crippen molar-refractivity contribution in [3.63, 3.8) is 0 Å². The van der Waals surface area contributed by atoms with Crippen molar-refractivity contribution in [3.05, 3.63) is 34.5 Å². The third kappa shape index (κ3) is 1.80. The van der Waals surface area contributed by atoms with Crippen LogP contribution in [0.25, 0.3) is 10.9 Å². The largest absolute Gasteiger partial charge is 0.477 e. The molecule has 0 aliphatic heterocycles. The van der Waals surface area contributed by atoms with Gasteiger partial charge in [-0.1, -0.05) is 11.6 Å². The Morgan fingerprint density at radius 1 is 1.41 bits per heavy atom. The summed E-state index contributed by atoms with van der Waals surface area (Å²) >= 11 is 5.95. The molecule has 0 saturated heterocycles. The Morgan fingerprint density at radius 2 is 2.06 bits per heavy atom. The normalized spacial score (nSPS) is 11.4. The lowest BCUT2D eigenvalue weighted by atomic mass is 10.1. The number of benzene rings is 1. The maximum Gasteiger partial charge on any atom is 0.352 e. The van der Waals surface area contributed by atoms with Crippen LogP contribution in [0.3, 0.4) is 0 Å². The summed E-state index contributed by atoms with van der Waals surface area (Å²) in [6.45, 7) is 5.76. The van der Waals surface area contributed by atoms with Crippen molar-refractivity contribution in [2.24, 2.45) is 0 Å². The van der Waals surface area contributed by atoms with Gasteiger partial charge in [0.1, 0.15) is 5.69 Å². The van der Waals surface area contributed by atoms with Gasteiger partial charge in [-0.3, -0.25) is 0 Å². The summed E-state index contributed by atoms with van der Waals surface area (Å²) in [5.41, 5.74) is 2.03. The van der Waals surface area contributed by atoms with Crippen LogP contribution in [0, 0.1) is 6.92 Å². The Labute approximate surface area is 105 Å². The van der Waals surface area contributed by atoms with Gasteiger partial charge >= 0.3 is 5.97 Å². The van der Waals surface area contributed by atoms with Crippen LogP contribution < -0.4 is 0 Å². The first-order valence-electron chi connectivity index (χ1n) is 5.46. The summed E-state index contributed by atoms with van der Waals surface area (Å²) in [5, 5.41) is 10.8. The van der Waals surface area contributed by atoms with Gasteiger partial charge in [-0.25, -0.2) is 4.79 Å². The number of carboxylic acids is 1. The van der Waals surface area contributed by atoms with Gasteiger partial charge in [0.25, 0.3) is 0 Å². The predicted octanol–water partition coefficient (Wildman–Crippen LogP) is 3.88. The molecular weight excluding hydrogens is 238 g/mol. The molecule has 0 atom stereocenters. The van der Waals surface area contributed by atoms with E-state index in [0.29, 0.717) is 10.7 Å². The van der Waals surface area contributed by atoms with E-state index in [2.05, 4.69) is 0 Å². The number of carboxylic acid groups (broad SMARTS) is 1. The van der Waals surface area contributed by atoms with Crippen molar-refractivity contribution in [2.75, 3.05) is 0 Å². The number of fused-ring (bicyclic) bond motifs is 1. The van der Waals surface area contributed by atoms with Crippen molar-refractivity contribution in [1.29, 1.82) is 0 Å². The SMILES string of the molecule is Cc1c(C(=O)O)n(C(C)C)c2ccc(Cl)cc12. The van der Waals surface area contributed by atoms with Crippen molar-refractivity contribution in [3.8, 4) is 0 Å². The summed E-state index contributed by atoms with van der Waals surface area (Å²) in [6.07, 6.45) is 0. The quantitative estimate of drug-likeness (QED) is 0.880. The maximum atomic E-state index is 11.3. The Bertz CT molecular complexity index is 599. The number of aromatic carboxylic acids is 1. The predicted molar refractivity (Wildman–Crippen MR) is 69.0 cm³/mol. The van der Waals surface area contributed by atoms with Crippen molar-refractivity contribution >= 4 is 28.5 Å². The van der Waals surface area contributed by atoms with Crippen LogP contribution in [-0.2, 0) is 0 Å². The minimum Gasteiger partial charge on any atom is -0.477 e. The number of rotatable bonds is 2. The summed E-state index contributed by atoms with van der Waals surface area (Å²) in [7, 11) is 0. The topological polar surface area (TPSA) is 42.2 Å². The number of aromatic nitrogens is 1. The highest BCUT2D eigenvalue weighted by molar-refractivity contribution is 6.31. The van der Waals surface area contributed by atoms with Gasteiger partial charge in [0, 0.05) is 22.0 Å². The zero-order chi connectivity index (χ0) is 12.7. The molecule has 0 saturated carbocycles. The van der Waals surface area contributed by atoms with E-state index in [0.717, 1.165) is 16.5 Å². The van der Waals surface area contributed by atoms with E-state index < -0.39 is 5.97 Å². The lowest BCUT2D eigenvalue weighted by Gasteiger charge is -2.12. The smallest absolute Gasteiger partial charge is 0.352 e. The zero-order valence-electron chi connectivity index (χ0n) is 9.99. The van der Waals surface area contributed by atoms with E-state index in [1.807, 2.05) is 37.5 Å². The van der Waals surface area contributed by atoms with Crippen molar-refractivity contribution in [2.45, 2.75) is 26.8 Å². The molecule has 0 bridgehead atoms. The molecule has 17 heavy (non-hydrogen) atoms. The maximum absolute atomic E-state index is 11.3. The van der Waals surface area contributed by atoms with Gasteiger partial charge in [0.2, 0.25) is 0 Å². The lowest BCUT2D eigenvalue weighted by molar-refractivity contribution is 0.0683. The van der Waals surface area contributed by atoms with Crippen LogP contribution >= 0.6 is 11.6 Å².